The third kappa shape index (κ3) is 6.44. The number of rotatable bonds is 8. The van der Waals surface area contributed by atoms with E-state index in [0.717, 1.165) is 50.4 Å². The van der Waals surface area contributed by atoms with Gasteiger partial charge in [-0.2, -0.15) is 0 Å². The summed E-state index contributed by atoms with van der Waals surface area (Å²) in [5.41, 5.74) is 0. The van der Waals surface area contributed by atoms with Gasteiger partial charge in [0.2, 0.25) is 0 Å². The molecule has 0 aromatic carbocycles. The lowest BCUT2D eigenvalue weighted by Crippen LogP contribution is -2.39. The molecular formula is C17H33IN4. The average molecular weight is 420 g/mol. The summed E-state index contributed by atoms with van der Waals surface area (Å²) in [5, 5.41) is 3.42. The van der Waals surface area contributed by atoms with Crippen molar-refractivity contribution >= 4 is 29.9 Å². The first-order valence-corrected chi connectivity index (χ1v) is 8.59. The summed E-state index contributed by atoms with van der Waals surface area (Å²) in [7, 11) is 2.13. The Morgan fingerprint density at radius 2 is 2.18 bits per heavy atom. The van der Waals surface area contributed by atoms with Gasteiger partial charge in [0.1, 0.15) is 0 Å². The molecule has 0 aromatic heterocycles. The van der Waals surface area contributed by atoms with E-state index in [1.807, 2.05) is 6.08 Å². The Balaban J connectivity index is 0.00000242. The summed E-state index contributed by atoms with van der Waals surface area (Å²) in [6, 6.07) is 0.911. The van der Waals surface area contributed by atoms with E-state index in [0.29, 0.717) is 0 Å². The zero-order valence-corrected chi connectivity index (χ0v) is 16.6. The molecule has 1 saturated heterocycles. The highest BCUT2D eigenvalue weighted by Gasteiger charge is 2.34. The summed E-state index contributed by atoms with van der Waals surface area (Å²) < 4.78 is 0. The summed E-state index contributed by atoms with van der Waals surface area (Å²) in [6.07, 6.45) is 8.36. The van der Waals surface area contributed by atoms with Crippen LogP contribution in [0.25, 0.3) is 0 Å². The SMILES string of the molecule is C=CCCCN(C)C(=NCC1CCN(C2CC2)C1)NCC.I. The number of halogens is 1. The van der Waals surface area contributed by atoms with Gasteiger partial charge in [0, 0.05) is 39.3 Å². The standard InChI is InChI=1S/C17H32N4.HI/c1-4-6-7-11-20(3)17(18-5-2)19-13-15-10-12-21(14-15)16-8-9-16;/h4,15-16H,1,5-14H2,2-3H3,(H,18,19);1H. The first-order chi connectivity index (χ1) is 10.2. The molecule has 1 saturated carbocycles. The van der Waals surface area contributed by atoms with E-state index in [2.05, 4.69) is 35.7 Å². The van der Waals surface area contributed by atoms with E-state index in [4.69, 9.17) is 4.99 Å². The van der Waals surface area contributed by atoms with Gasteiger partial charge >= 0.3 is 0 Å². The maximum Gasteiger partial charge on any atom is 0.193 e. The Labute approximate surface area is 153 Å². The topological polar surface area (TPSA) is 30.9 Å². The predicted molar refractivity (Wildman–Crippen MR) is 106 cm³/mol. The van der Waals surface area contributed by atoms with Crippen LogP contribution < -0.4 is 5.32 Å². The molecule has 1 unspecified atom stereocenters. The third-order valence-corrected chi connectivity index (χ3v) is 4.48. The van der Waals surface area contributed by atoms with Crippen LogP contribution in [0.1, 0.15) is 39.0 Å². The molecule has 22 heavy (non-hydrogen) atoms. The predicted octanol–water partition coefficient (Wildman–Crippen LogP) is 2.95. The molecule has 0 aromatic rings. The number of likely N-dealkylation sites (tertiary alicyclic amines) is 1. The van der Waals surface area contributed by atoms with Gasteiger partial charge in [0.25, 0.3) is 0 Å². The van der Waals surface area contributed by atoms with E-state index in [9.17, 15) is 0 Å². The zero-order valence-electron chi connectivity index (χ0n) is 14.3. The monoisotopic (exact) mass is 420 g/mol. The minimum Gasteiger partial charge on any atom is -0.357 e. The largest absolute Gasteiger partial charge is 0.357 e. The third-order valence-electron chi connectivity index (χ3n) is 4.48. The second-order valence-electron chi connectivity index (χ2n) is 6.43. The number of hydrogen-bond acceptors (Lipinski definition) is 2. The molecule has 0 spiro atoms. The number of guanidine groups is 1. The van der Waals surface area contributed by atoms with Gasteiger partial charge in [-0.15, -0.1) is 30.6 Å². The van der Waals surface area contributed by atoms with Crippen LogP contribution in [0.15, 0.2) is 17.6 Å². The van der Waals surface area contributed by atoms with Crippen LogP contribution in [0.2, 0.25) is 0 Å². The number of hydrogen-bond donors (Lipinski definition) is 1. The maximum absolute atomic E-state index is 4.87. The lowest BCUT2D eigenvalue weighted by Gasteiger charge is -2.22. The Bertz CT molecular complexity index is 355. The molecule has 1 heterocycles. The molecule has 0 bridgehead atoms. The van der Waals surface area contributed by atoms with Crippen LogP contribution in [0.3, 0.4) is 0 Å². The van der Waals surface area contributed by atoms with Gasteiger partial charge < -0.3 is 15.1 Å². The van der Waals surface area contributed by atoms with Crippen molar-refractivity contribution in [1.29, 1.82) is 0 Å². The fourth-order valence-corrected chi connectivity index (χ4v) is 3.05. The van der Waals surface area contributed by atoms with Gasteiger partial charge in [0.05, 0.1) is 0 Å². The molecular weight excluding hydrogens is 387 g/mol. The van der Waals surface area contributed by atoms with Crippen molar-refractivity contribution in [2.75, 3.05) is 39.8 Å². The molecule has 0 amide bonds. The summed E-state index contributed by atoms with van der Waals surface area (Å²) >= 11 is 0. The number of nitrogens with one attached hydrogen (secondary N) is 1. The number of nitrogens with zero attached hydrogens (tertiary/aromatic N) is 3. The van der Waals surface area contributed by atoms with Crippen molar-refractivity contribution < 1.29 is 0 Å². The Kier molecular flexibility index (Phi) is 9.40. The number of unbranched alkanes of at least 4 members (excludes halogenated alkanes) is 1. The quantitative estimate of drug-likeness (QED) is 0.215. The van der Waals surface area contributed by atoms with Crippen LogP contribution >= 0.6 is 24.0 Å². The normalized spacial score (nSPS) is 22.3. The minimum absolute atomic E-state index is 0. The van der Waals surface area contributed by atoms with Crippen LogP contribution in [-0.2, 0) is 0 Å². The highest BCUT2D eigenvalue weighted by molar-refractivity contribution is 14.0. The second kappa shape index (κ2) is 10.5. The molecule has 2 rings (SSSR count). The van der Waals surface area contributed by atoms with Gasteiger partial charge in [0.15, 0.2) is 5.96 Å². The zero-order chi connectivity index (χ0) is 15.1. The van der Waals surface area contributed by atoms with E-state index in [1.165, 1.54) is 32.4 Å². The van der Waals surface area contributed by atoms with Crippen LogP contribution in [0.4, 0.5) is 0 Å². The van der Waals surface area contributed by atoms with Crippen molar-refractivity contribution in [2.45, 2.75) is 45.1 Å². The average Bonchev–Trinajstić information content (AvgIpc) is 3.23. The van der Waals surface area contributed by atoms with Crippen molar-refractivity contribution in [1.82, 2.24) is 15.1 Å². The summed E-state index contributed by atoms with van der Waals surface area (Å²) in [4.78, 5) is 9.79. The van der Waals surface area contributed by atoms with Crippen molar-refractivity contribution in [3.05, 3.63) is 12.7 Å². The first-order valence-electron chi connectivity index (χ1n) is 8.59. The van der Waals surface area contributed by atoms with Crippen molar-refractivity contribution in [2.24, 2.45) is 10.9 Å². The Morgan fingerprint density at radius 1 is 1.41 bits per heavy atom. The molecule has 2 fully saturated rings. The molecule has 128 valence electrons. The molecule has 1 aliphatic heterocycles. The molecule has 1 N–H and O–H groups in total. The van der Waals surface area contributed by atoms with E-state index in [-0.39, 0.29) is 24.0 Å². The van der Waals surface area contributed by atoms with Gasteiger partial charge in [-0.25, -0.2) is 0 Å². The minimum atomic E-state index is 0. The molecule has 5 heteroatoms. The number of aliphatic imine (C=N–C) groups is 1. The van der Waals surface area contributed by atoms with Gasteiger partial charge in [-0.05, 0) is 51.5 Å². The van der Waals surface area contributed by atoms with Gasteiger partial charge in [-0.3, -0.25) is 4.99 Å². The first kappa shape index (κ1) is 19.7. The molecule has 0 radical (unpaired) electrons. The number of allylic oxidation sites excluding steroid dienone is 1. The molecule has 1 aliphatic carbocycles. The Morgan fingerprint density at radius 3 is 2.82 bits per heavy atom. The van der Waals surface area contributed by atoms with E-state index < -0.39 is 0 Å². The van der Waals surface area contributed by atoms with E-state index in [1.54, 1.807) is 0 Å². The summed E-state index contributed by atoms with van der Waals surface area (Å²) in [5.74, 6) is 1.81. The van der Waals surface area contributed by atoms with Crippen molar-refractivity contribution in [3.63, 3.8) is 0 Å². The Hall–Kier alpha value is -0.300. The second-order valence-corrected chi connectivity index (χ2v) is 6.43. The smallest absolute Gasteiger partial charge is 0.193 e. The molecule has 2 aliphatic rings. The van der Waals surface area contributed by atoms with E-state index >= 15 is 0 Å². The lowest BCUT2D eigenvalue weighted by atomic mass is 10.1. The van der Waals surface area contributed by atoms with Crippen LogP contribution in [0, 0.1) is 5.92 Å². The van der Waals surface area contributed by atoms with Crippen molar-refractivity contribution in [3.8, 4) is 0 Å². The fourth-order valence-electron chi connectivity index (χ4n) is 3.05. The highest BCUT2D eigenvalue weighted by Crippen LogP contribution is 2.31. The maximum atomic E-state index is 4.87. The van der Waals surface area contributed by atoms with Crippen LogP contribution in [-0.4, -0.2) is 61.6 Å². The summed E-state index contributed by atoms with van der Waals surface area (Å²) in [6.45, 7) is 11.4. The lowest BCUT2D eigenvalue weighted by molar-refractivity contribution is 0.315. The van der Waals surface area contributed by atoms with Crippen LogP contribution in [0.5, 0.6) is 0 Å². The fraction of sp³-hybridized carbons (Fsp3) is 0.824. The molecule has 4 nitrogen and oxygen atoms in total. The highest BCUT2D eigenvalue weighted by atomic mass is 127. The molecule has 1 atom stereocenters. The van der Waals surface area contributed by atoms with Gasteiger partial charge in [-0.1, -0.05) is 6.08 Å².